The Balaban J connectivity index is 2.89. The SMILES string of the molecule is COC[C@@H](C)NC(=O)CN(c1cccc(Cl)c1)S(C)(=O)=O. The standard InChI is InChI=1S/C13H19ClN2O4S/c1-10(9-20-2)15-13(17)8-16(21(3,18)19)12-6-4-5-11(14)7-12/h4-7,10H,8-9H2,1-3H3,(H,15,17)/t10-/m1/s1. The number of nitrogens with one attached hydrogen (secondary N) is 1. The van der Waals surface area contributed by atoms with Gasteiger partial charge in [-0.25, -0.2) is 8.42 Å². The van der Waals surface area contributed by atoms with Crippen LogP contribution in [0, 0.1) is 0 Å². The van der Waals surface area contributed by atoms with Gasteiger partial charge in [0.05, 0.1) is 18.6 Å². The molecule has 0 heterocycles. The molecule has 1 amide bonds. The first-order valence-electron chi connectivity index (χ1n) is 6.25. The maximum Gasteiger partial charge on any atom is 0.241 e. The van der Waals surface area contributed by atoms with Gasteiger partial charge in [-0.1, -0.05) is 17.7 Å². The third-order valence-corrected chi connectivity index (χ3v) is 3.98. The summed E-state index contributed by atoms with van der Waals surface area (Å²) >= 11 is 5.86. The molecule has 1 atom stereocenters. The number of ether oxygens (including phenoxy) is 1. The second-order valence-corrected chi connectivity index (χ2v) is 7.02. The average molecular weight is 335 g/mol. The Hall–Kier alpha value is -1.31. The summed E-state index contributed by atoms with van der Waals surface area (Å²) in [5, 5.41) is 3.06. The molecule has 0 spiro atoms. The zero-order chi connectivity index (χ0) is 16.0. The number of nitrogens with zero attached hydrogens (tertiary/aromatic N) is 1. The number of benzene rings is 1. The average Bonchev–Trinajstić information content (AvgIpc) is 2.34. The lowest BCUT2D eigenvalue weighted by Gasteiger charge is -2.23. The normalized spacial score (nSPS) is 12.8. The molecule has 118 valence electrons. The van der Waals surface area contributed by atoms with Crippen LogP contribution in [0.15, 0.2) is 24.3 Å². The lowest BCUT2D eigenvalue weighted by molar-refractivity contribution is -0.120. The molecule has 0 bridgehead atoms. The predicted molar refractivity (Wildman–Crippen MR) is 83.1 cm³/mol. The highest BCUT2D eigenvalue weighted by molar-refractivity contribution is 7.92. The molecule has 0 aliphatic rings. The van der Waals surface area contributed by atoms with Crippen LogP contribution in [0.25, 0.3) is 0 Å². The lowest BCUT2D eigenvalue weighted by Crippen LogP contribution is -2.44. The van der Waals surface area contributed by atoms with Gasteiger partial charge < -0.3 is 10.1 Å². The third-order valence-electron chi connectivity index (χ3n) is 2.61. The van der Waals surface area contributed by atoms with Crippen LogP contribution in [0.2, 0.25) is 5.02 Å². The van der Waals surface area contributed by atoms with Crippen molar-refractivity contribution in [2.75, 3.05) is 30.8 Å². The summed E-state index contributed by atoms with van der Waals surface area (Å²) < 4.78 is 29.7. The van der Waals surface area contributed by atoms with Crippen molar-refractivity contribution < 1.29 is 17.9 Å². The van der Waals surface area contributed by atoms with Crippen molar-refractivity contribution in [3.63, 3.8) is 0 Å². The molecule has 1 aromatic carbocycles. The molecule has 1 aromatic rings. The molecule has 0 unspecified atom stereocenters. The topological polar surface area (TPSA) is 75.7 Å². The van der Waals surface area contributed by atoms with Gasteiger partial charge in [-0.2, -0.15) is 0 Å². The highest BCUT2D eigenvalue weighted by Crippen LogP contribution is 2.21. The molecule has 1 rings (SSSR count). The Labute approximate surface area is 130 Å². The first-order valence-corrected chi connectivity index (χ1v) is 8.48. The van der Waals surface area contributed by atoms with Gasteiger partial charge in [0.15, 0.2) is 0 Å². The molecule has 0 aliphatic carbocycles. The minimum Gasteiger partial charge on any atom is -0.383 e. The largest absolute Gasteiger partial charge is 0.383 e. The minimum atomic E-state index is -3.60. The number of amides is 1. The Morgan fingerprint density at radius 1 is 1.48 bits per heavy atom. The molecular formula is C13H19ClN2O4S. The van der Waals surface area contributed by atoms with Crippen molar-refractivity contribution >= 4 is 33.2 Å². The molecule has 1 N–H and O–H groups in total. The van der Waals surface area contributed by atoms with Gasteiger partial charge in [-0.05, 0) is 25.1 Å². The maximum absolute atomic E-state index is 11.9. The van der Waals surface area contributed by atoms with Gasteiger partial charge in [-0.3, -0.25) is 9.10 Å². The van der Waals surface area contributed by atoms with Crippen molar-refractivity contribution in [1.29, 1.82) is 0 Å². The first kappa shape index (κ1) is 17.7. The van der Waals surface area contributed by atoms with Crippen LogP contribution in [-0.2, 0) is 19.6 Å². The molecular weight excluding hydrogens is 316 g/mol. The van der Waals surface area contributed by atoms with Gasteiger partial charge >= 0.3 is 0 Å². The second-order valence-electron chi connectivity index (χ2n) is 4.67. The van der Waals surface area contributed by atoms with Crippen molar-refractivity contribution in [2.45, 2.75) is 13.0 Å². The van der Waals surface area contributed by atoms with E-state index < -0.39 is 15.9 Å². The monoisotopic (exact) mass is 334 g/mol. The van der Waals surface area contributed by atoms with Crippen LogP contribution in [0.1, 0.15) is 6.92 Å². The zero-order valence-electron chi connectivity index (χ0n) is 12.2. The fourth-order valence-corrected chi connectivity index (χ4v) is 2.81. The molecule has 0 aliphatic heterocycles. The smallest absolute Gasteiger partial charge is 0.241 e. The number of rotatable bonds is 7. The highest BCUT2D eigenvalue weighted by Gasteiger charge is 2.21. The van der Waals surface area contributed by atoms with E-state index in [1.165, 1.54) is 13.2 Å². The van der Waals surface area contributed by atoms with Gasteiger partial charge in [-0.15, -0.1) is 0 Å². The number of halogens is 1. The third kappa shape index (κ3) is 5.91. The summed E-state index contributed by atoms with van der Waals surface area (Å²) in [7, 11) is -2.07. The van der Waals surface area contributed by atoms with Crippen LogP contribution in [0.5, 0.6) is 0 Å². The number of anilines is 1. The van der Waals surface area contributed by atoms with Crippen LogP contribution < -0.4 is 9.62 Å². The van der Waals surface area contributed by atoms with Crippen LogP contribution in [-0.4, -0.2) is 46.9 Å². The predicted octanol–water partition coefficient (Wildman–Crippen LogP) is 1.26. The van der Waals surface area contributed by atoms with Gasteiger partial charge in [0.1, 0.15) is 6.54 Å². The Morgan fingerprint density at radius 3 is 2.67 bits per heavy atom. The van der Waals surface area contributed by atoms with E-state index in [4.69, 9.17) is 16.3 Å². The summed E-state index contributed by atoms with van der Waals surface area (Å²) in [6.07, 6.45) is 1.04. The Bertz CT molecular complexity index is 592. The summed E-state index contributed by atoms with van der Waals surface area (Å²) in [5.74, 6) is -0.412. The molecule has 6 nitrogen and oxygen atoms in total. The fraction of sp³-hybridized carbons (Fsp3) is 0.462. The van der Waals surface area contributed by atoms with E-state index in [1.54, 1.807) is 25.1 Å². The molecule has 0 saturated heterocycles. The van der Waals surface area contributed by atoms with Gasteiger partial charge in [0.25, 0.3) is 0 Å². The van der Waals surface area contributed by atoms with Crippen molar-refractivity contribution in [3.8, 4) is 0 Å². The quantitative estimate of drug-likeness (QED) is 0.814. The first-order chi connectivity index (χ1) is 9.74. The van der Waals surface area contributed by atoms with E-state index >= 15 is 0 Å². The number of carbonyl (C=O) groups excluding carboxylic acids is 1. The molecule has 0 aromatic heterocycles. The second kappa shape index (κ2) is 7.63. The van der Waals surface area contributed by atoms with Crippen LogP contribution >= 0.6 is 11.6 Å². The zero-order valence-corrected chi connectivity index (χ0v) is 13.7. The summed E-state index contributed by atoms with van der Waals surface area (Å²) in [6.45, 7) is 1.81. The Kier molecular flexibility index (Phi) is 6.44. The number of hydrogen-bond acceptors (Lipinski definition) is 4. The number of carbonyl (C=O) groups is 1. The minimum absolute atomic E-state index is 0.205. The molecule has 0 saturated carbocycles. The summed E-state index contributed by atoms with van der Waals surface area (Å²) in [5.41, 5.74) is 0.347. The van der Waals surface area contributed by atoms with E-state index in [0.717, 1.165) is 10.6 Å². The molecule has 8 heteroatoms. The fourth-order valence-electron chi connectivity index (χ4n) is 1.77. The lowest BCUT2D eigenvalue weighted by atomic mass is 10.3. The molecule has 0 fully saturated rings. The van der Waals surface area contributed by atoms with Gasteiger partial charge in [0.2, 0.25) is 15.9 Å². The van der Waals surface area contributed by atoms with E-state index in [-0.39, 0.29) is 12.6 Å². The molecule has 21 heavy (non-hydrogen) atoms. The van der Waals surface area contributed by atoms with E-state index in [9.17, 15) is 13.2 Å². The van der Waals surface area contributed by atoms with Crippen LogP contribution in [0.3, 0.4) is 0 Å². The van der Waals surface area contributed by atoms with E-state index in [2.05, 4.69) is 5.32 Å². The van der Waals surface area contributed by atoms with E-state index in [0.29, 0.717) is 17.3 Å². The van der Waals surface area contributed by atoms with Crippen molar-refractivity contribution in [3.05, 3.63) is 29.3 Å². The van der Waals surface area contributed by atoms with Crippen LogP contribution in [0.4, 0.5) is 5.69 Å². The highest BCUT2D eigenvalue weighted by atomic mass is 35.5. The maximum atomic E-state index is 11.9. The van der Waals surface area contributed by atoms with Gasteiger partial charge in [0, 0.05) is 18.2 Å². The van der Waals surface area contributed by atoms with Crippen molar-refractivity contribution in [2.24, 2.45) is 0 Å². The Morgan fingerprint density at radius 2 is 2.14 bits per heavy atom. The van der Waals surface area contributed by atoms with E-state index in [1.807, 2.05) is 0 Å². The number of sulfonamides is 1. The summed E-state index contributed by atoms with van der Waals surface area (Å²) in [4.78, 5) is 11.9. The van der Waals surface area contributed by atoms with Crippen molar-refractivity contribution in [1.82, 2.24) is 5.32 Å². The molecule has 0 radical (unpaired) electrons. The summed E-state index contributed by atoms with van der Waals surface area (Å²) in [6, 6.07) is 6.13. The number of hydrogen-bond donors (Lipinski definition) is 1. The number of methoxy groups -OCH3 is 1.